The number of likely N-dealkylation sites (tertiary alicyclic amines) is 1. The van der Waals surface area contributed by atoms with E-state index in [1.54, 1.807) is 0 Å². The maximum absolute atomic E-state index is 6.10. The molecule has 3 heterocycles. The van der Waals surface area contributed by atoms with Crippen molar-refractivity contribution in [1.29, 1.82) is 0 Å². The van der Waals surface area contributed by atoms with Crippen LogP contribution in [0.4, 0.5) is 0 Å². The monoisotopic (exact) mass is 399 g/mol. The lowest BCUT2D eigenvalue weighted by Crippen LogP contribution is -2.47. The van der Waals surface area contributed by atoms with Gasteiger partial charge in [0.05, 0.1) is 18.8 Å². The van der Waals surface area contributed by atoms with E-state index in [2.05, 4.69) is 29.3 Å². The average molecular weight is 400 g/mol. The van der Waals surface area contributed by atoms with Crippen molar-refractivity contribution >= 4 is 16.9 Å². The molecule has 1 atom stereocenters. The van der Waals surface area contributed by atoms with Crippen molar-refractivity contribution in [3.05, 3.63) is 36.1 Å². The van der Waals surface area contributed by atoms with Gasteiger partial charge in [-0.3, -0.25) is 4.99 Å². The molecule has 1 unspecified atom stereocenters. The number of para-hydroxylation sites is 1. The predicted molar refractivity (Wildman–Crippen MR) is 115 cm³/mol. The summed E-state index contributed by atoms with van der Waals surface area (Å²) in [4.78, 5) is 7.20. The highest BCUT2D eigenvalue weighted by molar-refractivity contribution is 5.80. The number of ether oxygens (including phenoxy) is 2. The van der Waals surface area contributed by atoms with Gasteiger partial charge in [-0.05, 0) is 44.7 Å². The Balaban J connectivity index is 1.25. The maximum atomic E-state index is 6.10. The molecule has 0 radical (unpaired) electrons. The van der Waals surface area contributed by atoms with Crippen molar-refractivity contribution in [2.45, 2.75) is 51.2 Å². The van der Waals surface area contributed by atoms with Gasteiger partial charge in [0.2, 0.25) is 0 Å². The summed E-state index contributed by atoms with van der Waals surface area (Å²) in [5.74, 6) is 1.99. The number of aliphatic imine (C=N–C) groups is 1. The summed E-state index contributed by atoms with van der Waals surface area (Å²) in [7, 11) is 0. The number of hydrogen-bond donors (Lipinski definition) is 1. The van der Waals surface area contributed by atoms with E-state index in [0.717, 1.165) is 87.8 Å². The number of fused-ring (bicyclic) bond motifs is 1. The number of furan rings is 1. The largest absolute Gasteiger partial charge is 0.461 e. The first-order valence-corrected chi connectivity index (χ1v) is 11.1. The molecule has 1 aromatic heterocycles. The summed E-state index contributed by atoms with van der Waals surface area (Å²) >= 11 is 0. The number of hydrogen-bond acceptors (Lipinski definition) is 4. The molecular weight excluding hydrogens is 366 g/mol. The fourth-order valence-electron chi connectivity index (χ4n) is 4.11. The zero-order valence-corrected chi connectivity index (χ0v) is 17.4. The molecular formula is C23H33N3O3. The first-order chi connectivity index (χ1) is 14.3. The van der Waals surface area contributed by atoms with Crippen LogP contribution in [0.1, 0.15) is 38.4 Å². The molecule has 2 aromatic rings. The van der Waals surface area contributed by atoms with E-state index in [9.17, 15) is 0 Å². The quantitative estimate of drug-likeness (QED) is 0.569. The Hall–Kier alpha value is -2.05. The molecule has 0 saturated carbocycles. The lowest BCUT2D eigenvalue weighted by Gasteiger charge is -2.34. The van der Waals surface area contributed by atoms with Crippen molar-refractivity contribution in [3.63, 3.8) is 0 Å². The zero-order chi connectivity index (χ0) is 19.9. The van der Waals surface area contributed by atoms with Gasteiger partial charge in [-0.2, -0.15) is 0 Å². The van der Waals surface area contributed by atoms with Gasteiger partial charge in [-0.1, -0.05) is 18.2 Å². The Morgan fingerprint density at radius 1 is 1.24 bits per heavy atom. The molecule has 0 aliphatic carbocycles. The lowest BCUT2D eigenvalue weighted by atomic mass is 10.1. The van der Waals surface area contributed by atoms with Gasteiger partial charge in [-0.15, -0.1) is 0 Å². The number of guanidine groups is 1. The van der Waals surface area contributed by atoms with E-state index in [0.29, 0.717) is 12.2 Å². The van der Waals surface area contributed by atoms with Gasteiger partial charge < -0.3 is 24.1 Å². The molecule has 0 spiro atoms. The van der Waals surface area contributed by atoms with Crippen molar-refractivity contribution < 1.29 is 13.9 Å². The first kappa shape index (κ1) is 20.2. The molecule has 6 nitrogen and oxygen atoms in total. The first-order valence-electron chi connectivity index (χ1n) is 11.1. The fourth-order valence-corrected chi connectivity index (χ4v) is 4.11. The van der Waals surface area contributed by atoms with Gasteiger partial charge in [-0.25, -0.2) is 0 Å². The topological polar surface area (TPSA) is 59.2 Å². The van der Waals surface area contributed by atoms with Crippen molar-refractivity contribution in [1.82, 2.24) is 10.2 Å². The third kappa shape index (κ3) is 5.52. The second-order valence-corrected chi connectivity index (χ2v) is 7.89. The highest BCUT2D eigenvalue weighted by Crippen LogP contribution is 2.20. The van der Waals surface area contributed by atoms with Crippen LogP contribution in [-0.4, -0.2) is 62.5 Å². The van der Waals surface area contributed by atoms with Crippen LogP contribution >= 0.6 is 0 Å². The fraction of sp³-hybridized carbons (Fsp3) is 0.609. The smallest absolute Gasteiger partial charge is 0.193 e. The Morgan fingerprint density at radius 3 is 2.86 bits per heavy atom. The van der Waals surface area contributed by atoms with E-state index in [-0.39, 0.29) is 0 Å². The normalized spacial score (nSPS) is 21.2. The summed E-state index contributed by atoms with van der Waals surface area (Å²) in [5, 5.41) is 4.60. The van der Waals surface area contributed by atoms with Gasteiger partial charge in [0.1, 0.15) is 11.3 Å². The predicted octanol–water partition coefficient (Wildman–Crippen LogP) is 3.60. The average Bonchev–Trinajstić information content (AvgIpc) is 3.41. The van der Waals surface area contributed by atoms with Crippen LogP contribution in [0.25, 0.3) is 11.0 Å². The molecule has 2 aliphatic heterocycles. The Labute approximate surface area is 173 Å². The SMILES string of the molecule is CCNC(=NCCc1cc2ccccc2o1)N1CCC(OCC2CCCO2)CC1. The molecule has 1 N–H and O–H groups in total. The van der Waals surface area contributed by atoms with Crippen molar-refractivity contribution in [2.75, 3.05) is 39.4 Å². The van der Waals surface area contributed by atoms with E-state index in [1.165, 1.54) is 6.42 Å². The lowest BCUT2D eigenvalue weighted by molar-refractivity contribution is -0.0367. The second-order valence-electron chi connectivity index (χ2n) is 7.89. The summed E-state index contributed by atoms with van der Waals surface area (Å²) in [5.41, 5.74) is 0.948. The second kappa shape index (κ2) is 10.1. The summed E-state index contributed by atoms with van der Waals surface area (Å²) in [6.07, 6.45) is 5.86. The minimum Gasteiger partial charge on any atom is -0.461 e. The standard InChI is InChI=1S/C23H33N3O3/c1-2-24-23(25-12-9-20-16-18-6-3-4-8-22(18)29-20)26-13-10-19(11-14-26)28-17-21-7-5-15-27-21/h3-4,6,8,16,19,21H,2,5,7,9-15,17H2,1H3,(H,24,25). The van der Waals surface area contributed by atoms with E-state index < -0.39 is 0 Å². The number of nitrogens with zero attached hydrogens (tertiary/aromatic N) is 2. The van der Waals surface area contributed by atoms with Gasteiger partial charge in [0.15, 0.2) is 5.96 Å². The van der Waals surface area contributed by atoms with Crippen molar-refractivity contribution in [2.24, 2.45) is 4.99 Å². The van der Waals surface area contributed by atoms with Gasteiger partial charge in [0.25, 0.3) is 0 Å². The molecule has 0 bridgehead atoms. The molecule has 29 heavy (non-hydrogen) atoms. The van der Waals surface area contributed by atoms with Crippen LogP contribution in [0, 0.1) is 0 Å². The Kier molecular flexibility index (Phi) is 7.06. The molecule has 2 fully saturated rings. The van der Waals surface area contributed by atoms with Crippen LogP contribution in [0.15, 0.2) is 39.7 Å². The molecule has 0 amide bonds. The van der Waals surface area contributed by atoms with Crippen LogP contribution in [0.5, 0.6) is 0 Å². The zero-order valence-electron chi connectivity index (χ0n) is 17.4. The Morgan fingerprint density at radius 2 is 2.10 bits per heavy atom. The third-order valence-corrected chi connectivity index (χ3v) is 5.71. The number of nitrogens with one attached hydrogen (secondary N) is 1. The number of rotatable bonds is 7. The molecule has 1 aromatic carbocycles. The van der Waals surface area contributed by atoms with E-state index in [4.69, 9.17) is 18.9 Å². The van der Waals surface area contributed by atoms with Crippen LogP contribution in [0.3, 0.4) is 0 Å². The van der Waals surface area contributed by atoms with Crippen molar-refractivity contribution in [3.8, 4) is 0 Å². The van der Waals surface area contributed by atoms with Crippen LogP contribution < -0.4 is 5.32 Å². The van der Waals surface area contributed by atoms with E-state index >= 15 is 0 Å². The highest BCUT2D eigenvalue weighted by atomic mass is 16.5. The van der Waals surface area contributed by atoms with Gasteiger partial charge >= 0.3 is 0 Å². The molecule has 2 saturated heterocycles. The number of piperidine rings is 1. The minimum absolute atomic E-state index is 0.310. The maximum Gasteiger partial charge on any atom is 0.193 e. The summed E-state index contributed by atoms with van der Waals surface area (Å²) in [6, 6.07) is 10.3. The van der Waals surface area contributed by atoms with E-state index in [1.807, 2.05) is 18.2 Å². The molecule has 6 heteroatoms. The van der Waals surface area contributed by atoms with Crippen LogP contribution in [-0.2, 0) is 15.9 Å². The molecule has 2 aliphatic rings. The minimum atomic E-state index is 0.310. The highest BCUT2D eigenvalue weighted by Gasteiger charge is 2.24. The molecule has 158 valence electrons. The van der Waals surface area contributed by atoms with Gasteiger partial charge in [0, 0.05) is 44.6 Å². The molecule has 4 rings (SSSR count). The number of benzene rings is 1. The van der Waals surface area contributed by atoms with Crippen LogP contribution in [0.2, 0.25) is 0 Å². The third-order valence-electron chi connectivity index (χ3n) is 5.71. The Bertz CT molecular complexity index is 757. The summed E-state index contributed by atoms with van der Waals surface area (Å²) < 4.78 is 17.7. The summed E-state index contributed by atoms with van der Waals surface area (Å²) in [6.45, 7) is 7.31.